The molecule has 2 rings (SSSR count). The number of aldehydes is 1. The molecule has 0 atom stereocenters. The maximum atomic E-state index is 11.9. The highest BCUT2D eigenvalue weighted by atomic mass is 16.2. The van der Waals surface area contributed by atoms with Gasteiger partial charge in [0.1, 0.15) is 6.29 Å². The Bertz CT molecular complexity index is 402. The van der Waals surface area contributed by atoms with Crippen LogP contribution in [0.15, 0.2) is 30.8 Å². The third-order valence-corrected chi connectivity index (χ3v) is 2.51. The molecule has 0 saturated heterocycles. The summed E-state index contributed by atoms with van der Waals surface area (Å²) >= 11 is 0. The van der Waals surface area contributed by atoms with Gasteiger partial charge in [-0.2, -0.15) is 0 Å². The van der Waals surface area contributed by atoms with E-state index < -0.39 is 0 Å². The van der Waals surface area contributed by atoms with Gasteiger partial charge in [0.2, 0.25) is 0 Å². The SMILES string of the molecule is C=C1c2ccccc2C(=O)N1CCC=O. The topological polar surface area (TPSA) is 37.4 Å². The molecule has 0 fully saturated rings. The highest BCUT2D eigenvalue weighted by molar-refractivity contribution is 6.08. The number of nitrogens with zero attached hydrogens (tertiary/aromatic N) is 1. The second-order valence-electron chi connectivity index (χ2n) is 3.40. The minimum atomic E-state index is -0.0579. The summed E-state index contributed by atoms with van der Waals surface area (Å²) in [6, 6.07) is 7.36. The van der Waals surface area contributed by atoms with E-state index in [1.807, 2.05) is 18.2 Å². The van der Waals surface area contributed by atoms with Crippen LogP contribution in [-0.4, -0.2) is 23.6 Å². The van der Waals surface area contributed by atoms with Gasteiger partial charge in [-0.1, -0.05) is 24.8 Å². The second-order valence-corrected chi connectivity index (χ2v) is 3.40. The van der Waals surface area contributed by atoms with E-state index in [2.05, 4.69) is 6.58 Å². The van der Waals surface area contributed by atoms with Crippen molar-refractivity contribution in [3.63, 3.8) is 0 Å². The van der Waals surface area contributed by atoms with Gasteiger partial charge in [0, 0.05) is 29.8 Å². The quantitative estimate of drug-likeness (QED) is 0.698. The van der Waals surface area contributed by atoms with Crippen LogP contribution in [0.25, 0.3) is 5.70 Å². The largest absolute Gasteiger partial charge is 0.308 e. The Balaban J connectivity index is 2.32. The normalized spacial score (nSPS) is 14.3. The fourth-order valence-electron chi connectivity index (χ4n) is 1.75. The molecule has 0 radical (unpaired) electrons. The van der Waals surface area contributed by atoms with E-state index in [9.17, 15) is 9.59 Å². The number of hydrogen-bond donors (Lipinski definition) is 0. The fraction of sp³-hybridized carbons (Fsp3) is 0.167. The van der Waals surface area contributed by atoms with Gasteiger partial charge in [-0.05, 0) is 6.07 Å². The summed E-state index contributed by atoms with van der Waals surface area (Å²) < 4.78 is 0. The van der Waals surface area contributed by atoms with Crippen LogP contribution in [0.5, 0.6) is 0 Å². The van der Waals surface area contributed by atoms with E-state index >= 15 is 0 Å². The van der Waals surface area contributed by atoms with Crippen molar-refractivity contribution >= 4 is 17.9 Å². The number of carbonyl (C=O) groups is 2. The summed E-state index contributed by atoms with van der Waals surface area (Å²) in [6.07, 6.45) is 1.16. The lowest BCUT2D eigenvalue weighted by atomic mass is 10.1. The van der Waals surface area contributed by atoms with Crippen LogP contribution in [0.1, 0.15) is 22.3 Å². The van der Waals surface area contributed by atoms with Gasteiger partial charge in [-0.25, -0.2) is 0 Å². The van der Waals surface area contributed by atoms with Gasteiger partial charge < -0.3 is 9.69 Å². The molecule has 0 aliphatic carbocycles. The molecule has 0 unspecified atom stereocenters. The van der Waals surface area contributed by atoms with Gasteiger partial charge in [-0.15, -0.1) is 0 Å². The molecule has 3 nitrogen and oxygen atoms in total. The molecule has 0 saturated carbocycles. The van der Waals surface area contributed by atoms with E-state index in [0.29, 0.717) is 24.2 Å². The minimum Gasteiger partial charge on any atom is -0.308 e. The summed E-state index contributed by atoms with van der Waals surface area (Å²) in [5.41, 5.74) is 2.24. The van der Waals surface area contributed by atoms with Gasteiger partial charge in [0.15, 0.2) is 0 Å². The maximum absolute atomic E-state index is 11.9. The molecule has 1 aliphatic heterocycles. The molecule has 0 N–H and O–H groups in total. The monoisotopic (exact) mass is 201 g/mol. The highest BCUT2D eigenvalue weighted by Gasteiger charge is 2.29. The molecule has 0 aromatic heterocycles. The van der Waals surface area contributed by atoms with Crippen molar-refractivity contribution in [1.82, 2.24) is 4.90 Å². The lowest BCUT2D eigenvalue weighted by molar-refractivity contribution is -0.107. The third kappa shape index (κ3) is 1.46. The number of hydrogen-bond acceptors (Lipinski definition) is 2. The molecule has 1 amide bonds. The number of fused-ring (bicyclic) bond motifs is 1. The highest BCUT2D eigenvalue weighted by Crippen LogP contribution is 2.30. The zero-order valence-electron chi connectivity index (χ0n) is 8.27. The van der Waals surface area contributed by atoms with E-state index in [1.165, 1.54) is 0 Å². The zero-order valence-corrected chi connectivity index (χ0v) is 8.27. The van der Waals surface area contributed by atoms with Crippen molar-refractivity contribution in [1.29, 1.82) is 0 Å². The Hall–Kier alpha value is -1.90. The van der Waals surface area contributed by atoms with Crippen molar-refractivity contribution in [2.24, 2.45) is 0 Å². The van der Waals surface area contributed by atoms with E-state index in [0.717, 1.165) is 11.8 Å². The summed E-state index contributed by atoms with van der Waals surface area (Å²) in [7, 11) is 0. The standard InChI is InChI=1S/C12H11NO2/c1-9-10-5-2-3-6-11(10)12(15)13(9)7-4-8-14/h2-3,5-6,8H,1,4,7H2. The van der Waals surface area contributed by atoms with E-state index in [4.69, 9.17) is 0 Å². The van der Waals surface area contributed by atoms with Crippen molar-refractivity contribution in [3.05, 3.63) is 42.0 Å². The van der Waals surface area contributed by atoms with Crippen molar-refractivity contribution in [2.45, 2.75) is 6.42 Å². The molecule has 1 aliphatic rings. The first-order valence-electron chi connectivity index (χ1n) is 4.79. The molecule has 76 valence electrons. The Morgan fingerprint density at radius 2 is 1.93 bits per heavy atom. The Morgan fingerprint density at radius 3 is 2.53 bits per heavy atom. The first kappa shape index (κ1) is 9.65. The molecule has 1 aromatic carbocycles. The molecule has 15 heavy (non-hydrogen) atoms. The molecular weight excluding hydrogens is 190 g/mol. The summed E-state index contributed by atoms with van der Waals surface area (Å²) in [5.74, 6) is -0.0579. The number of amides is 1. The summed E-state index contributed by atoms with van der Waals surface area (Å²) in [4.78, 5) is 23.7. The van der Waals surface area contributed by atoms with Gasteiger partial charge in [-0.3, -0.25) is 4.79 Å². The predicted octanol–water partition coefficient (Wildman–Crippen LogP) is 1.70. The third-order valence-electron chi connectivity index (χ3n) is 2.51. The van der Waals surface area contributed by atoms with Crippen LogP contribution in [0.3, 0.4) is 0 Å². The molecule has 1 heterocycles. The van der Waals surface area contributed by atoms with Gasteiger partial charge in [0.05, 0.1) is 0 Å². The molecule has 3 heteroatoms. The summed E-state index contributed by atoms with van der Waals surface area (Å²) in [6.45, 7) is 4.28. The average Bonchev–Trinajstić information content (AvgIpc) is 2.51. The Kier molecular flexibility index (Phi) is 2.37. The van der Waals surface area contributed by atoms with Gasteiger partial charge in [0.25, 0.3) is 5.91 Å². The first-order valence-corrected chi connectivity index (χ1v) is 4.79. The van der Waals surface area contributed by atoms with Crippen LogP contribution in [0.4, 0.5) is 0 Å². The molecule has 0 spiro atoms. The van der Waals surface area contributed by atoms with Crippen LogP contribution < -0.4 is 0 Å². The molecular formula is C12H11NO2. The number of carbonyl (C=O) groups excluding carboxylic acids is 2. The average molecular weight is 201 g/mol. The van der Waals surface area contributed by atoms with Crippen LogP contribution in [0.2, 0.25) is 0 Å². The van der Waals surface area contributed by atoms with Crippen molar-refractivity contribution in [2.75, 3.05) is 6.54 Å². The van der Waals surface area contributed by atoms with Gasteiger partial charge >= 0.3 is 0 Å². The second kappa shape index (κ2) is 3.69. The Labute approximate surface area is 88.0 Å². The van der Waals surface area contributed by atoms with Crippen molar-refractivity contribution in [3.8, 4) is 0 Å². The minimum absolute atomic E-state index is 0.0579. The van der Waals surface area contributed by atoms with E-state index in [1.54, 1.807) is 11.0 Å². The molecule has 1 aromatic rings. The number of rotatable bonds is 3. The first-order chi connectivity index (χ1) is 7.25. The Morgan fingerprint density at radius 1 is 1.27 bits per heavy atom. The van der Waals surface area contributed by atoms with Crippen LogP contribution >= 0.6 is 0 Å². The van der Waals surface area contributed by atoms with Crippen LogP contribution in [0, 0.1) is 0 Å². The van der Waals surface area contributed by atoms with Crippen LogP contribution in [-0.2, 0) is 4.79 Å². The molecule has 0 bridgehead atoms. The number of benzene rings is 1. The van der Waals surface area contributed by atoms with E-state index in [-0.39, 0.29) is 5.91 Å². The van der Waals surface area contributed by atoms with Crippen molar-refractivity contribution < 1.29 is 9.59 Å². The zero-order chi connectivity index (χ0) is 10.8. The predicted molar refractivity (Wildman–Crippen MR) is 57.2 cm³/mol. The maximum Gasteiger partial charge on any atom is 0.258 e. The lowest BCUT2D eigenvalue weighted by Crippen LogP contribution is -2.24. The lowest BCUT2D eigenvalue weighted by Gasteiger charge is -2.15. The fourth-order valence-corrected chi connectivity index (χ4v) is 1.75. The smallest absolute Gasteiger partial charge is 0.258 e. The summed E-state index contributed by atoms with van der Waals surface area (Å²) in [5, 5.41) is 0.